The second-order valence-corrected chi connectivity index (χ2v) is 5.24. The molecule has 1 aromatic rings. The summed E-state index contributed by atoms with van der Waals surface area (Å²) in [5, 5.41) is 2.81. The van der Waals surface area contributed by atoms with Crippen molar-refractivity contribution in [2.75, 3.05) is 19.8 Å². The van der Waals surface area contributed by atoms with Crippen LogP contribution >= 0.6 is 0 Å². The molecule has 1 rings (SSSR count). The largest absolute Gasteiger partial charge is 0.494 e. The fourth-order valence-corrected chi connectivity index (χ4v) is 2.03. The molecule has 24 heavy (non-hydrogen) atoms. The van der Waals surface area contributed by atoms with Gasteiger partial charge in [-0.2, -0.15) is 0 Å². The second-order valence-electron chi connectivity index (χ2n) is 5.24. The highest BCUT2D eigenvalue weighted by atomic mass is 16.5. The number of carbonyl (C=O) groups is 2. The molecule has 0 atom stereocenters. The van der Waals surface area contributed by atoms with Crippen molar-refractivity contribution in [3.05, 3.63) is 24.3 Å². The Bertz CT molecular complexity index is 497. The van der Waals surface area contributed by atoms with Crippen LogP contribution in [0.3, 0.4) is 0 Å². The molecule has 0 saturated carbocycles. The number of carbonyl (C=O) groups excluding carboxylic acids is 2. The number of benzene rings is 1. The molecule has 0 aliphatic carbocycles. The van der Waals surface area contributed by atoms with Gasteiger partial charge in [0.1, 0.15) is 11.5 Å². The third kappa shape index (κ3) is 7.85. The Morgan fingerprint density at radius 1 is 1.00 bits per heavy atom. The summed E-state index contributed by atoms with van der Waals surface area (Å²) in [6.07, 6.45) is 1.80. The SMILES string of the molecule is CCOc1ccc(OCCC(=O)OCC(=O)NC(CC)CC)cc1. The van der Waals surface area contributed by atoms with Crippen LogP contribution in [0.25, 0.3) is 0 Å². The van der Waals surface area contributed by atoms with Gasteiger partial charge in [0.2, 0.25) is 0 Å². The highest BCUT2D eigenvalue weighted by Crippen LogP contribution is 2.17. The smallest absolute Gasteiger partial charge is 0.309 e. The molecule has 1 amide bonds. The molecule has 0 saturated heterocycles. The van der Waals surface area contributed by atoms with Crippen molar-refractivity contribution in [2.45, 2.75) is 46.1 Å². The van der Waals surface area contributed by atoms with Gasteiger partial charge in [-0.15, -0.1) is 0 Å². The number of esters is 1. The van der Waals surface area contributed by atoms with Gasteiger partial charge in [0, 0.05) is 6.04 Å². The number of amides is 1. The zero-order valence-corrected chi connectivity index (χ0v) is 14.7. The van der Waals surface area contributed by atoms with E-state index in [1.165, 1.54) is 0 Å². The van der Waals surface area contributed by atoms with E-state index in [2.05, 4.69) is 5.32 Å². The summed E-state index contributed by atoms with van der Waals surface area (Å²) in [5.41, 5.74) is 0. The predicted molar refractivity (Wildman–Crippen MR) is 91.2 cm³/mol. The Balaban J connectivity index is 2.20. The lowest BCUT2D eigenvalue weighted by molar-refractivity contribution is -0.149. The Labute approximate surface area is 143 Å². The first-order valence-corrected chi connectivity index (χ1v) is 8.39. The van der Waals surface area contributed by atoms with Crippen LogP contribution in [-0.2, 0) is 14.3 Å². The van der Waals surface area contributed by atoms with E-state index in [0.717, 1.165) is 18.6 Å². The van der Waals surface area contributed by atoms with Crippen molar-refractivity contribution >= 4 is 11.9 Å². The first-order chi connectivity index (χ1) is 11.6. The van der Waals surface area contributed by atoms with Crippen molar-refractivity contribution < 1.29 is 23.8 Å². The molecule has 0 heterocycles. The zero-order valence-electron chi connectivity index (χ0n) is 14.7. The average Bonchev–Trinajstić information content (AvgIpc) is 2.59. The Morgan fingerprint density at radius 2 is 1.58 bits per heavy atom. The standard InChI is InChI=1S/C18H27NO5/c1-4-14(5-2)19-17(20)13-24-18(21)11-12-23-16-9-7-15(8-10-16)22-6-3/h7-10,14H,4-6,11-13H2,1-3H3,(H,19,20). The first-order valence-electron chi connectivity index (χ1n) is 8.39. The zero-order chi connectivity index (χ0) is 17.8. The van der Waals surface area contributed by atoms with E-state index in [4.69, 9.17) is 14.2 Å². The number of ether oxygens (including phenoxy) is 3. The predicted octanol–water partition coefficient (Wildman–Crippen LogP) is 2.70. The van der Waals surface area contributed by atoms with Gasteiger partial charge >= 0.3 is 5.97 Å². The Hall–Kier alpha value is -2.24. The van der Waals surface area contributed by atoms with Gasteiger partial charge in [-0.3, -0.25) is 9.59 Å². The lowest BCUT2D eigenvalue weighted by atomic mass is 10.2. The molecular formula is C18H27NO5. The molecule has 1 aromatic carbocycles. The molecule has 0 spiro atoms. The van der Waals surface area contributed by atoms with Crippen LogP contribution in [-0.4, -0.2) is 37.7 Å². The molecule has 0 fully saturated rings. The molecule has 0 radical (unpaired) electrons. The number of rotatable bonds is 11. The quantitative estimate of drug-likeness (QED) is 0.629. The van der Waals surface area contributed by atoms with Crippen LogP contribution < -0.4 is 14.8 Å². The maximum absolute atomic E-state index is 11.6. The molecule has 0 aliphatic heterocycles. The van der Waals surface area contributed by atoms with Gasteiger partial charge in [-0.05, 0) is 44.0 Å². The highest BCUT2D eigenvalue weighted by Gasteiger charge is 2.11. The van der Waals surface area contributed by atoms with Crippen LogP contribution in [0.4, 0.5) is 0 Å². The molecule has 0 unspecified atom stereocenters. The van der Waals surface area contributed by atoms with Gasteiger partial charge < -0.3 is 19.5 Å². The number of hydrogen-bond acceptors (Lipinski definition) is 5. The summed E-state index contributed by atoms with van der Waals surface area (Å²) < 4.78 is 15.7. The molecule has 0 aliphatic rings. The van der Waals surface area contributed by atoms with Gasteiger partial charge in [0.25, 0.3) is 5.91 Å². The van der Waals surface area contributed by atoms with Crippen LogP contribution in [0.1, 0.15) is 40.0 Å². The monoisotopic (exact) mass is 337 g/mol. The van der Waals surface area contributed by atoms with E-state index in [1.54, 1.807) is 24.3 Å². The minimum atomic E-state index is -0.458. The Kier molecular flexibility index (Phi) is 9.34. The summed E-state index contributed by atoms with van der Waals surface area (Å²) >= 11 is 0. The van der Waals surface area contributed by atoms with E-state index in [0.29, 0.717) is 12.4 Å². The molecule has 6 nitrogen and oxygen atoms in total. The second kappa shape index (κ2) is 11.3. The molecule has 134 valence electrons. The van der Waals surface area contributed by atoms with Crippen LogP contribution in [0.5, 0.6) is 11.5 Å². The average molecular weight is 337 g/mol. The van der Waals surface area contributed by atoms with Crippen LogP contribution in [0, 0.1) is 0 Å². The first kappa shape index (κ1) is 19.8. The minimum absolute atomic E-state index is 0.0888. The summed E-state index contributed by atoms with van der Waals surface area (Å²) in [6.45, 7) is 6.47. The van der Waals surface area contributed by atoms with Crippen LogP contribution in [0.15, 0.2) is 24.3 Å². The lowest BCUT2D eigenvalue weighted by Crippen LogP contribution is -2.36. The third-order valence-electron chi connectivity index (χ3n) is 3.42. The van der Waals surface area contributed by atoms with Crippen molar-refractivity contribution in [3.8, 4) is 11.5 Å². The molecular weight excluding hydrogens is 310 g/mol. The fraction of sp³-hybridized carbons (Fsp3) is 0.556. The third-order valence-corrected chi connectivity index (χ3v) is 3.42. The molecule has 1 N–H and O–H groups in total. The van der Waals surface area contributed by atoms with E-state index in [-0.39, 0.29) is 31.6 Å². The van der Waals surface area contributed by atoms with E-state index >= 15 is 0 Å². The summed E-state index contributed by atoms with van der Waals surface area (Å²) in [7, 11) is 0. The molecule has 0 bridgehead atoms. The summed E-state index contributed by atoms with van der Waals surface area (Å²) in [5.74, 6) is 0.690. The van der Waals surface area contributed by atoms with E-state index < -0.39 is 5.97 Å². The van der Waals surface area contributed by atoms with E-state index in [1.807, 2.05) is 20.8 Å². The fourth-order valence-electron chi connectivity index (χ4n) is 2.03. The van der Waals surface area contributed by atoms with Crippen molar-refractivity contribution in [1.29, 1.82) is 0 Å². The van der Waals surface area contributed by atoms with Crippen molar-refractivity contribution in [1.82, 2.24) is 5.32 Å². The highest BCUT2D eigenvalue weighted by molar-refractivity contribution is 5.80. The number of hydrogen-bond donors (Lipinski definition) is 1. The van der Waals surface area contributed by atoms with Crippen molar-refractivity contribution in [3.63, 3.8) is 0 Å². The minimum Gasteiger partial charge on any atom is -0.494 e. The summed E-state index contributed by atoms with van der Waals surface area (Å²) in [6, 6.07) is 7.29. The van der Waals surface area contributed by atoms with Crippen molar-refractivity contribution in [2.24, 2.45) is 0 Å². The Morgan fingerprint density at radius 3 is 2.12 bits per heavy atom. The van der Waals surface area contributed by atoms with Gasteiger partial charge in [0.05, 0.1) is 19.6 Å². The summed E-state index contributed by atoms with van der Waals surface area (Å²) in [4.78, 5) is 23.2. The van der Waals surface area contributed by atoms with Gasteiger partial charge in [0.15, 0.2) is 6.61 Å². The molecule has 0 aromatic heterocycles. The topological polar surface area (TPSA) is 73.9 Å². The number of nitrogens with one attached hydrogen (secondary N) is 1. The van der Waals surface area contributed by atoms with E-state index in [9.17, 15) is 9.59 Å². The van der Waals surface area contributed by atoms with Gasteiger partial charge in [-0.25, -0.2) is 0 Å². The molecule has 6 heteroatoms. The normalized spacial score (nSPS) is 10.3. The maximum atomic E-state index is 11.6. The van der Waals surface area contributed by atoms with Gasteiger partial charge in [-0.1, -0.05) is 13.8 Å². The lowest BCUT2D eigenvalue weighted by Gasteiger charge is -2.14. The maximum Gasteiger partial charge on any atom is 0.309 e. The van der Waals surface area contributed by atoms with Crippen LogP contribution in [0.2, 0.25) is 0 Å².